The van der Waals surface area contributed by atoms with Crippen molar-refractivity contribution in [2.45, 2.75) is 34.1 Å². The number of ether oxygens (including phenoxy) is 1. The van der Waals surface area contributed by atoms with Crippen molar-refractivity contribution < 1.29 is 19.4 Å². The maximum absolute atomic E-state index is 12.7. The summed E-state index contributed by atoms with van der Waals surface area (Å²) < 4.78 is 6.00. The van der Waals surface area contributed by atoms with Gasteiger partial charge < -0.3 is 26.2 Å². The Balaban J connectivity index is 2.30. The van der Waals surface area contributed by atoms with Gasteiger partial charge in [0.25, 0.3) is 5.91 Å². The number of benzene rings is 2. The van der Waals surface area contributed by atoms with Crippen LogP contribution in [0.15, 0.2) is 36.4 Å². The highest BCUT2D eigenvalue weighted by Crippen LogP contribution is 2.34. The van der Waals surface area contributed by atoms with Gasteiger partial charge in [-0.05, 0) is 66.8 Å². The van der Waals surface area contributed by atoms with Crippen LogP contribution in [0.4, 0.5) is 0 Å². The van der Waals surface area contributed by atoms with Crippen LogP contribution in [0.2, 0.25) is 0 Å². The first kappa shape index (κ1) is 25.4. The third-order valence-corrected chi connectivity index (χ3v) is 4.88. The second-order valence-corrected chi connectivity index (χ2v) is 9.02. The predicted octanol–water partition coefficient (Wildman–Crippen LogP) is 2.89. The Kier molecular flexibility index (Phi) is 9.23. The van der Waals surface area contributed by atoms with E-state index in [0.717, 1.165) is 23.1 Å². The van der Waals surface area contributed by atoms with Crippen LogP contribution in [0, 0.1) is 12.3 Å². The van der Waals surface area contributed by atoms with Crippen molar-refractivity contribution in [1.29, 1.82) is 0 Å². The molecular formula is C25H35N3O4. The van der Waals surface area contributed by atoms with E-state index in [1.54, 1.807) is 18.2 Å². The number of hydrogen-bond acceptors (Lipinski definition) is 5. The maximum Gasteiger partial charge on any atom is 0.251 e. The molecule has 5 N–H and O–H groups in total. The number of aliphatic hydroxyl groups excluding tert-OH is 1. The normalized spacial score (nSPS) is 11.3. The first-order chi connectivity index (χ1) is 15.1. The summed E-state index contributed by atoms with van der Waals surface area (Å²) in [6.45, 7) is 10.5. The van der Waals surface area contributed by atoms with E-state index in [1.165, 1.54) is 0 Å². The van der Waals surface area contributed by atoms with Gasteiger partial charge in [0.1, 0.15) is 5.75 Å². The quantitative estimate of drug-likeness (QED) is 0.401. The van der Waals surface area contributed by atoms with Crippen LogP contribution in [0.1, 0.15) is 53.5 Å². The van der Waals surface area contributed by atoms with Gasteiger partial charge in [-0.2, -0.15) is 0 Å². The molecule has 0 fully saturated rings. The highest BCUT2D eigenvalue weighted by molar-refractivity contribution is 5.97. The summed E-state index contributed by atoms with van der Waals surface area (Å²) in [5, 5.41) is 14.9. The average molecular weight is 442 g/mol. The molecule has 7 nitrogen and oxygen atoms in total. The lowest BCUT2D eigenvalue weighted by atomic mass is 9.95. The predicted molar refractivity (Wildman–Crippen MR) is 127 cm³/mol. The van der Waals surface area contributed by atoms with Crippen LogP contribution in [-0.4, -0.2) is 49.8 Å². The van der Waals surface area contributed by atoms with Crippen LogP contribution in [0.3, 0.4) is 0 Å². The third kappa shape index (κ3) is 7.66. The topological polar surface area (TPSA) is 114 Å². The van der Waals surface area contributed by atoms with Crippen molar-refractivity contribution in [2.75, 3.05) is 32.8 Å². The smallest absolute Gasteiger partial charge is 0.251 e. The monoisotopic (exact) mass is 441 g/mol. The van der Waals surface area contributed by atoms with Gasteiger partial charge in [-0.25, -0.2) is 0 Å². The molecule has 2 rings (SSSR count). The van der Waals surface area contributed by atoms with E-state index in [0.29, 0.717) is 43.1 Å². The van der Waals surface area contributed by atoms with Gasteiger partial charge in [-0.15, -0.1) is 0 Å². The SMILES string of the molecule is Cc1ccc(C(=O)NCC(C)(C)C)cc1-c1ccc(C(N)=O)cc1OCCCNCCO. The number of hydrogen-bond donors (Lipinski definition) is 4. The number of primary amides is 1. The Morgan fingerprint density at radius 3 is 2.41 bits per heavy atom. The summed E-state index contributed by atoms with van der Waals surface area (Å²) in [7, 11) is 0. The molecule has 0 unspecified atom stereocenters. The number of nitrogens with two attached hydrogens (primary N) is 1. The highest BCUT2D eigenvalue weighted by Gasteiger charge is 2.17. The van der Waals surface area contributed by atoms with E-state index >= 15 is 0 Å². The Labute approximate surface area is 190 Å². The molecule has 2 aromatic rings. The summed E-state index contributed by atoms with van der Waals surface area (Å²) in [6, 6.07) is 10.7. The highest BCUT2D eigenvalue weighted by atomic mass is 16.5. The molecule has 0 aliphatic carbocycles. The van der Waals surface area contributed by atoms with E-state index in [2.05, 4.69) is 31.4 Å². The summed E-state index contributed by atoms with van der Waals surface area (Å²) >= 11 is 0. The Bertz CT molecular complexity index is 935. The van der Waals surface area contributed by atoms with E-state index in [4.69, 9.17) is 15.6 Å². The number of amides is 2. The van der Waals surface area contributed by atoms with E-state index in [9.17, 15) is 9.59 Å². The van der Waals surface area contributed by atoms with Crippen molar-refractivity contribution in [1.82, 2.24) is 10.6 Å². The zero-order valence-corrected chi connectivity index (χ0v) is 19.5. The first-order valence-electron chi connectivity index (χ1n) is 10.9. The maximum atomic E-state index is 12.7. The molecule has 0 radical (unpaired) electrons. The van der Waals surface area contributed by atoms with Crippen molar-refractivity contribution in [3.05, 3.63) is 53.1 Å². The molecule has 0 aromatic heterocycles. The largest absolute Gasteiger partial charge is 0.493 e. The number of aryl methyl sites for hydroxylation is 1. The van der Waals surface area contributed by atoms with Gasteiger partial charge in [-0.1, -0.05) is 26.8 Å². The lowest BCUT2D eigenvalue weighted by Crippen LogP contribution is -2.32. The van der Waals surface area contributed by atoms with Crippen LogP contribution in [0.5, 0.6) is 5.75 Å². The van der Waals surface area contributed by atoms with Gasteiger partial charge in [-0.3, -0.25) is 9.59 Å². The Hall–Kier alpha value is -2.90. The molecule has 0 aliphatic rings. The molecule has 0 saturated heterocycles. The summed E-state index contributed by atoms with van der Waals surface area (Å²) in [5.41, 5.74) is 9.01. The minimum atomic E-state index is -0.530. The van der Waals surface area contributed by atoms with Gasteiger partial charge >= 0.3 is 0 Å². The minimum Gasteiger partial charge on any atom is -0.493 e. The molecular weight excluding hydrogens is 406 g/mol. The fourth-order valence-corrected chi connectivity index (χ4v) is 3.10. The molecule has 32 heavy (non-hydrogen) atoms. The van der Waals surface area contributed by atoms with Crippen molar-refractivity contribution in [3.63, 3.8) is 0 Å². The fraction of sp³-hybridized carbons (Fsp3) is 0.440. The number of aliphatic hydroxyl groups is 1. The molecule has 0 spiro atoms. The standard InChI is InChI=1S/C25H35N3O4/c1-17-6-7-19(24(31)28-16-25(2,3)4)14-21(17)20-9-8-18(23(26)30)15-22(20)32-13-5-10-27-11-12-29/h6-9,14-15,27,29H,5,10-13,16H2,1-4H3,(H2,26,30)(H,28,31). The van der Waals surface area contributed by atoms with Crippen molar-refractivity contribution in [2.24, 2.45) is 11.1 Å². The molecule has 2 aromatic carbocycles. The number of nitrogens with one attached hydrogen (secondary N) is 2. The molecule has 0 bridgehead atoms. The van der Waals surface area contributed by atoms with Crippen molar-refractivity contribution >= 4 is 11.8 Å². The molecule has 2 amide bonds. The van der Waals surface area contributed by atoms with Crippen LogP contribution >= 0.6 is 0 Å². The zero-order chi connectivity index (χ0) is 23.7. The van der Waals surface area contributed by atoms with E-state index in [-0.39, 0.29) is 17.9 Å². The Morgan fingerprint density at radius 2 is 1.75 bits per heavy atom. The number of carbonyl (C=O) groups is 2. The average Bonchev–Trinajstić information content (AvgIpc) is 2.74. The molecule has 0 saturated carbocycles. The van der Waals surface area contributed by atoms with Crippen molar-refractivity contribution in [3.8, 4) is 16.9 Å². The molecule has 0 heterocycles. The molecule has 0 atom stereocenters. The second kappa shape index (κ2) is 11.6. The summed E-state index contributed by atoms with van der Waals surface area (Å²) in [4.78, 5) is 24.4. The van der Waals surface area contributed by atoms with Crippen LogP contribution in [0.25, 0.3) is 11.1 Å². The molecule has 7 heteroatoms. The molecule has 0 aliphatic heterocycles. The third-order valence-electron chi connectivity index (χ3n) is 4.88. The van der Waals surface area contributed by atoms with Gasteiger partial charge in [0.05, 0.1) is 13.2 Å². The lowest BCUT2D eigenvalue weighted by molar-refractivity contribution is 0.0938. The van der Waals surface area contributed by atoms with Gasteiger partial charge in [0.2, 0.25) is 5.91 Å². The summed E-state index contributed by atoms with van der Waals surface area (Å²) in [6.07, 6.45) is 0.731. The summed E-state index contributed by atoms with van der Waals surface area (Å²) in [5.74, 6) is -0.121. The van der Waals surface area contributed by atoms with Crippen LogP contribution < -0.4 is 21.1 Å². The Morgan fingerprint density at radius 1 is 1.03 bits per heavy atom. The van der Waals surface area contributed by atoms with Crippen LogP contribution in [-0.2, 0) is 0 Å². The zero-order valence-electron chi connectivity index (χ0n) is 19.5. The minimum absolute atomic E-state index is 0.0131. The van der Waals surface area contributed by atoms with Gasteiger partial charge in [0, 0.05) is 29.8 Å². The first-order valence-corrected chi connectivity index (χ1v) is 10.9. The molecule has 174 valence electrons. The lowest BCUT2D eigenvalue weighted by Gasteiger charge is -2.19. The number of rotatable bonds is 11. The second-order valence-electron chi connectivity index (χ2n) is 9.02. The van der Waals surface area contributed by atoms with Gasteiger partial charge in [0.15, 0.2) is 0 Å². The number of carbonyl (C=O) groups excluding carboxylic acids is 2. The van der Waals surface area contributed by atoms with E-state index < -0.39 is 5.91 Å². The fourth-order valence-electron chi connectivity index (χ4n) is 3.10. The van der Waals surface area contributed by atoms with E-state index in [1.807, 2.05) is 25.1 Å².